The molecule has 1 aliphatic rings. The van der Waals surface area contributed by atoms with Crippen molar-refractivity contribution in [3.05, 3.63) is 68.0 Å². The second-order valence-corrected chi connectivity index (χ2v) is 5.76. The minimum Gasteiger partial charge on any atom is -0.394 e. The quantitative estimate of drug-likeness (QED) is 0.622. The van der Waals surface area contributed by atoms with Crippen LogP contribution in [0.4, 0.5) is 0 Å². The number of nitrogens with one attached hydrogen (secondary N) is 1. The molecule has 3 rings (SSSR count). The van der Waals surface area contributed by atoms with Crippen LogP contribution in [0.5, 0.6) is 0 Å². The molecule has 132 valence electrons. The van der Waals surface area contributed by atoms with Crippen molar-refractivity contribution in [1.82, 2.24) is 9.55 Å². The van der Waals surface area contributed by atoms with E-state index in [0.29, 0.717) is 11.1 Å². The molecule has 0 amide bonds. The Hall–Kier alpha value is -3.17. The molecule has 1 aromatic carbocycles. The Kier molecular flexibility index (Phi) is 5.01. The summed E-state index contributed by atoms with van der Waals surface area (Å²) in [4.78, 5) is 26.2. The van der Waals surface area contributed by atoms with Crippen molar-refractivity contribution in [2.45, 2.75) is 24.9 Å². The number of rotatable bonds is 2. The first-order valence-corrected chi connectivity index (χ1v) is 7.84. The Morgan fingerprint density at radius 1 is 1.23 bits per heavy atom. The molecule has 0 unspecified atom stereocenters. The van der Waals surface area contributed by atoms with Crippen molar-refractivity contribution in [2.24, 2.45) is 0 Å². The molecule has 0 aliphatic carbocycles. The number of hydrogen-bond donors (Lipinski definition) is 3. The summed E-state index contributed by atoms with van der Waals surface area (Å²) in [5.41, 5.74) is -0.162. The fourth-order valence-corrected chi connectivity index (χ4v) is 2.61. The predicted octanol–water partition coefficient (Wildman–Crippen LogP) is -0.551. The molecular weight excluding hydrogens is 338 g/mol. The van der Waals surface area contributed by atoms with Crippen LogP contribution < -0.4 is 11.2 Å². The third kappa shape index (κ3) is 3.58. The summed E-state index contributed by atoms with van der Waals surface area (Å²) < 4.78 is 6.58. The largest absolute Gasteiger partial charge is 0.394 e. The van der Waals surface area contributed by atoms with Gasteiger partial charge in [0.1, 0.15) is 17.9 Å². The molecule has 1 saturated heterocycles. The van der Waals surface area contributed by atoms with E-state index in [-0.39, 0.29) is 18.6 Å². The Labute approximate surface area is 147 Å². The summed E-state index contributed by atoms with van der Waals surface area (Å²) in [7, 11) is 0. The van der Waals surface area contributed by atoms with E-state index in [1.54, 1.807) is 24.3 Å². The second kappa shape index (κ2) is 7.38. The van der Waals surface area contributed by atoms with Gasteiger partial charge in [-0.1, -0.05) is 11.8 Å². The van der Waals surface area contributed by atoms with Crippen molar-refractivity contribution in [2.75, 3.05) is 6.61 Å². The molecule has 1 aliphatic heterocycles. The average molecular weight is 353 g/mol. The van der Waals surface area contributed by atoms with Gasteiger partial charge in [0.15, 0.2) is 0 Å². The molecule has 0 spiro atoms. The van der Waals surface area contributed by atoms with Gasteiger partial charge in [0.2, 0.25) is 0 Å². The Bertz CT molecular complexity index is 1020. The van der Waals surface area contributed by atoms with Crippen molar-refractivity contribution >= 4 is 0 Å². The maximum atomic E-state index is 12.0. The van der Waals surface area contributed by atoms with Gasteiger partial charge in [0, 0.05) is 18.2 Å². The molecule has 0 bridgehead atoms. The highest BCUT2D eigenvalue weighted by Crippen LogP contribution is 2.27. The maximum Gasteiger partial charge on any atom is 0.330 e. The third-order valence-electron chi connectivity index (χ3n) is 4.02. The molecule has 0 radical (unpaired) electrons. The first-order chi connectivity index (χ1) is 12.5. The molecule has 3 N–H and O–H groups in total. The minimum atomic E-state index is -0.906. The van der Waals surface area contributed by atoms with Crippen LogP contribution in [0.25, 0.3) is 0 Å². The molecule has 0 saturated carbocycles. The molecule has 8 heteroatoms. The summed E-state index contributed by atoms with van der Waals surface area (Å²) in [5.74, 6) is 5.48. The summed E-state index contributed by atoms with van der Waals surface area (Å²) in [6.45, 7) is -0.374. The summed E-state index contributed by atoms with van der Waals surface area (Å²) in [6.07, 6.45) is -1.11. The Balaban J connectivity index is 1.92. The monoisotopic (exact) mass is 353 g/mol. The van der Waals surface area contributed by atoms with Gasteiger partial charge >= 0.3 is 5.69 Å². The van der Waals surface area contributed by atoms with Gasteiger partial charge in [-0.25, -0.2) is 4.79 Å². The molecule has 2 heterocycles. The van der Waals surface area contributed by atoms with Gasteiger partial charge in [-0.3, -0.25) is 14.3 Å². The van der Waals surface area contributed by atoms with Gasteiger partial charge in [-0.2, -0.15) is 5.26 Å². The van der Waals surface area contributed by atoms with Crippen molar-refractivity contribution < 1.29 is 14.9 Å². The lowest BCUT2D eigenvalue weighted by molar-refractivity contribution is -0.0459. The fourth-order valence-electron chi connectivity index (χ4n) is 2.61. The van der Waals surface area contributed by atoms with Crippen molar-refractivity contribution in [3.63, 3.8) is 0 Å². The third-order valence-corrected chi connectivity index (χ3v) is 4.02. The van der Waals surface area contributed by atoms with E-state index in [1.807, 2.05) is 6.07 Å². The lowest BCUT2D eigenvalue weighted by Gasteiger charge is -2.14. The van der Waals surface area contributed by atoms with Gasteiger partial charge in [-0.15, -0.1) is 0 Å². The topological polar surface area (TPSA) is 128 Å². The number of aliphatic hydroxyl groups excluding tert-OH is 2. The second-order valence-electron chi connectivity index (χ2n) is 5.76. The first kappa shape index (κ1) is 17.6. The number of benzene rings is 1. The fraction of sp³-hybridized carbons (Fsp3) is 0.278. The maximum absolute atomic E-state index is 12.0. The molecular formula is C18H15N3O5. The van der Waals surface area contributed by atoms with Crippen molar-refractivity contribution in [3.8, 4) is 17.9 Å². The van der Waals surface area contributed by atoms with Crippen LogP contribution >= 0.6 is 0 Å². The smallest absolute Gasteiger partial charge is 0.330 e. The highest BCUT2D eigenvalue weighted by Gasteiger charge is 2.35. The highest BCUT2D eigenvalue weighted by atomic mass is 16.5. The van der Waals surface area contributed by atoms with E-state index in [9.17, 15) is 14.7 Å². The van der Waals surface area contributed by atoms with Gasteiger partial charge in [0.25, 0.3) is 5.56 Å². The van der Waals surface area contributed by atoms with Gasteiger partial charge in [0.05, 0.1) is 24.3 Å². The number of aromatic nitrogens is 2. The number of aromatic amines is 1. The van der Waals surface area contributed by atoms with Crippen molar-refractivity contribution in [1.29, 1.82) is 5.26 Å². The number of ether oxygens (including phenoxy) is 1. The lowest BCUT2D eigenvalue weighted by atomic mass is 10.1. The normalized spacial score (nSPS) is 21.7. The van der Waals surface area contributed by atoms with E-state index in [4.69, 9.17) is 15.1 Å². The van der Waals surface area contributed by atoms with E-state index in [1.165, 1.54) is 6.20 Å². The number of nitriles is 1. The minimum absolute atomic E-state index is 0.0551. The number of hydrogen-bond acceptors (Lipinski definition) is 6. The van der Waals surface area contributed by atoms with Gasteiger partial charge in [-0.05, 0) is 24.3 Å². The number of aliphatic hydroxyl groups is 2. The van der Waals surface area contributed by atoms with E-state index in [2.05, 4.69) is 16.8 Å². The average Bonchev–Trinajstić information content (AvgIpc) is 3.02. The zero-order valence-electron chi connectivity index (χ0n) is 13.5. The Morgan fingerprint density at radius 3 is 2.54 bits per heavy atom. The van der Waals surface area contributed by atoms with Crippen LogP contribution in [-0.2, 0) is 4.74 Å². The van der Waals surface area contributed by atoms with Crippen LogP contribution in [0.2, 0.25) is 0 Å². The van der Waals surface area contributed by atoms with Crippen LogP contribution in [0.1, 0.15) is 29.3 Å². The predicted molar refractivity (Wildman–Crippen MR) is 90.1 cm³/mol. The number of H-pyrrole nitrogens is 1. The summed E-state index contributed by atoms with van der Waals surface area (Å²) in [6, 6.07) is 8.52. The first-order valence-electron chi connectivity index (χ1n) is 7.84. The zero-order valence-corrected chi connectivity index (χ0v) is 13.5. The van der Waals surface area contributed by atoms with E-state index in [0.717, 1.165) is 4.57 Å². The molecule has 3 atom stereocenters. The molecule has 26 heavy (non-hydrogen) atoms. The Morgan fingerprint density at radius 2 is 1.92 bits per heavy atom. The van der Waals surface area contributed by atoms with Crippen LogP contribution in [0.3, 0.4) is 0 Å². The lowest BCUT2D eigenvalue weighted by Crippen LogP contribution is -2.33. The van der Waals surface area contributed by atoms with Gasteiger partial charge < -0.3 is 14.9 Å². The standard InChI is InChI=1S/C18H15N3O5/c19-8-12-3-1-11(2-4-12)5-6-13-9-21(18(25)20-17(13)24)16-7-14(23)15(10-22)26-16/h1-4,9,14-16,22-23H,7,10H2,(H,20,24,25)/t14-,15+,16+/m0/s1. The van der Waals surface area contributed by atoms with Crippen LogP contribution in [-0.4, -0.2) is 38.6 Å². The SMILES string of the molecule is N#Cc1ccc(C#Cc2cn([C@H]3C[C@H](O)[C@@H](CO)O3)c(=O)[nH]c2=O)cc1. The van der Waals surface area contributed by atoms with Crippen LogP contribution in [0.15, 0.2) is 40.1 Å². The van der Waals surface area contributed by atoms with E-state index < -0.39 is 29.7 Å². The summed E-state index contributed by atoms with van der Waals surface area (Å²) in [5, 5.41) is 27.7. The highest BCUT2D eigenvalue weighted by molar-refractivity contribution is 5.43. The van der Waals surface area contributed by atoms with E-state index >= 15 is 0 Å². The number of nitrogens with zero attached hydrogens (tertiary/aromatic N) is 2. The summed E-state index contributed by atoms with van der Waals surface area (Å²) >= 11 is 0. The molecule has 8 nitrogen and oxygen atoms in total. The van der Waals surface area contributed by atoms with Crippen LogP contribution in [0, 0.1) is 23.2 Å². The molecule has 2 aromatic rings. The zero-order chi connectivity index (χ0) is 18.7. The molecule has 1 fully saturated rings. The molecule has 1 aromatic heterocycles.